The van der Waals surface area contributed by atoms with Crippen LogP contribution >= 0.6 is 0 Å². The van der Waals surface area contributed by atoms with Gasteiger partial charge in [-0.05, 0) is 31.0 Å². The minimum atomic E-state index is -4.63. The van der Waals surface area contributed by atoms with Gasteiger partial charge in [-0.25, -0.2) is 0 Å². The van der Waals surface area contributed by atoms with E-state index < -0.39 is 21.9 Å². The second kappa shape index (κ2) is 6.12. The van der Waals surface area contributed by atoms with Crippen LogP contribution in [-0.4, -0.2) is 18.3 Å². The molecular formula is C15H16F3N3O2S. The summed E-state index contributed by atoms with van der Waals surface area (Å²) in [4.78, 5) is 2.88. The zero-order valence-electron chi connectivity index (χ0n) is 12.6. The molecule has 1 aromatic carbocycles. The molecule has 0 saturated heterocycles. The van der Waals surface area contributed by atoms with Crippen molar-refractivity contribution in [3.63, 3.8) is 0 Å². The lowest BCUT2D eigenvalue weighted by molar-refractivity contribution is -0.141. The number of nitrogens with zero attached hydrogens (tertiary/aromatic N) is 2. The summed E-state index contributed by atoms with van der Waals surface area (Å²) in [6.45, 7) is 0. The standard InChI is InChI=1S/C15H16F3N3O2S/c16-15(17,18)14-10-13(11-6-4-5-7-11)21(19-14)20-24(22,23)12-8-2-1-3-9-12/h1-3,8-11,20H,4-7H2. The zero-order chi connectivity index (χ0) is 17.4. The van der Waals surface area contributed by atoms with E-state index in [0.717, 1.165) is 36.5 Å². The Hall–Kier alpha value is -2.03. The number of nitrogens with one attached hydrogen (secondary N) is 1. The van der Waals surface area contributed by atoms with Crippen molar-refractivity contribution in [1.29, 1.82) is 0 Å². The maximum atomic E-state index is 13.0. The van der Waals surface area contributed by atoms with E-state index in [-0.39, 0.29) is 16.5 Å². The van der Waals surface area contributed by atoms with Crippen LogP contribution in [0.25, 0.3) is 0 Å². The van der Waals surface area contributed by atoms with E-state index in [9.17, 15) is 21.6 Å². The molecule has 130 valence electrons. The van der Waals surface area contributed by atoms with Crippen LogP contribution in [0.2, 0.25) is 0 Å². The molecule has 3 rings (SSSR count). The molecule has 0 amide bonds. The summed E-state index contributed by atoms with van der Waals surface area (Å²) in [6, 6.07) is 8.40. The van der Waals surface area contributed by atoms with Gasteiger partial charge >= 0.3 is 6.18 Å². The Bertz CT molecular complexity index is 810. The number of benzene rings is 1. The summed E-state index contributed by atoms with van der Waals surface area (Å²) in [5.41, 5.74) is -0.848. The van der Waals surface area contributed by atoms with Crippen LogP contribution in [0.4, 0.5) is 13.2 Å². The molecule has 0 unspecified atom stereocenters. The Morgan fingerprint density at radius 2 is 1.75 bits per heavy atom. The van der Waals surface area contributed by atoms with E-state index in [1.165, 1.54) is 24.3 Å². The third-order valence-electron chi connectivity index (χ3n) is 4.06. The molecule has 0 bridgehead atoms. The summed E-state index contributed by atoms with van der Waals surface area (Å²) < 4.78 is 63.7. The molecule has 0 radical (unpaired) electrons. The highest BCUT2D eigenvalue weighted by molar-refractivity contribution is 7.92. The molecule has 5 nitrogen and oxygen atoms in total. The van der Waals surface area contributed by atoms with Crippen molar-refractivity contribution in [3.05, 3.63) is 47.8 Å². The van der Waals surface area contributed by atoms with Crippen LogP contribution in [0.15, 0.2) is 41.3 Å². The van der Waals surface area contributed by atoms with Gasteiger partial charge in [-0.15, -0.1) is 5.10 Å². The highest BCUT2D eigenvalue weighted by Crippen LogP contribution is 2.37. The number of hydrogen-bond acceptors (Lipinski definition) is 3. The number of halogens is 3. The lowest BCUT2D eigenvalue weighted by atomic mass is 10.0. The van der Waals surface area contributed by atoms with Gasteiger partial charge in [0.1, 0.15) is 0 Å². The van der Waals surface area contributed by atoms with Gasteiger partial charge in [0.05, 0.1) is 10.6 Å². The molecular weight excluding hydrogens is 343 g/mol. The van der Waals surface area contributed by atoms with E-state index in [1.807, 2.05) is 0 Å². The van der Waals surface area contributed by atoms with Crippen molar-refractivity contribution in [2.75, 3.05) is 4.83 Å². The SMILES string of the molecule is O=S(=O)(Nn1nc(C(F)(F)F)cc1C1CCCC1)c1ccccc1. The van der Waals surface area contributed by atoms with Gasteiger partial charge in [-0.1, -0.05) is 31.0 Å². The predicted molar refractivity (Wildman–Crippen MR) is 81.4 cm³/mol. The second-order valence-corrected chi connectivity index (χ2v) is 7.41. The van der Waals surface area contributed by atoms with Gasteiger partial charge in [-0.2, -0.15) is 31.2 Å². The molecule has 1 N–H and O–H groups in total. The molecule has 1 saturated carbocycles. The van der Waals surface area contributed by atoms with Gasteiger partial charge in [0, 0.05) is 5.92 Å². The average molecular weight is 359 g/mol. The Morgan fingerprint density at radius 1 is 1.12 bits per heavy atom. The highest BCUT2D eigenvalue weighted by Gasteiger charge is 2.37. The van der Waals surface area contributed by atoms with Gasteiger partial charge in [0.25, 0.3) is 10.0 Å². The van der Waals surface area contributed by atoms with Crippen molar-refractivity contribution < 1.29 is 21.6 Å². The van der Waals surface area contributed by atoms with Crippen LogP contribution < -0.4 is 4.83 Å². The Morgan fingerprint density at radius 3 is 2.33 bits per heavy atom. The van der Waals surface area contributed by atoms with Gasteiger partial charge in [0.2, 0.25) is 0 Å². The van der Waals surface area contributed by atoms with Crippen molar-refractivity contribution in [2.45, 2.75) is 42.7 Å². The van der Waals surface area contributed by atoms with Crippen molar-refractivity contribution in [3.8, 4) is 0 Å². The summed E-state index contributed by atoms with van der Waals surface area (Å²) in [6.07, 6.45) is -1.38. The first-order chi connectivity index (χ1) is 11.3. The highest BCUT2D eigenvalue weighted by atomic mass is 32.2. The quantitative estimate of drug-likeness (QED) is 0.909. The van der Waals surface area contributed by atoms with E-state index in [1.54, 1.807) is 6.07 Å². The molecule has 0 spiro atoms. The van der Waals surface area contributed by atoms with Crippen LogP contribution in [-0.2, 0) is 16.2 Å². The summed E-state index contributed by atoms with van der Waals surface area (Å²) in [5.74, 6) is -0.132. The van der Waals surface area contributed by atoms with E-state index >= 15 is 0 Å². The summed E-state index contributed by atoms with van der Waals surface area (Å²) in [5, 5.41) is 3.44. The fourth-order valence-corrected chi connectivity index (χ4v) is 3.88. The Balaban J connectivity index is 1.98. The monoisotopic (exact) mass is 359 g/mol. The number of sulfonamides is 1. The normalized spacial score (nSPS) is 16.5. The third-order valence-corrected chi connectivity index (χ3v) is 5.37. The topological polar surface area (TPSA) is 64.0 Å². The van der Waals surface area contributed by atoms with Crippen molar-refractivity contribution in [1.82, 2.24) is 9.89 Å². The van der Waals surface area contributed by atoms with Crippen LogP contribution in [0, 0.1) is 0 Å². The molecule has 0 aliphatic heterocycles. The maximum Gasteiger partial charge on any atom is 0.435 e. The fraction of sp³-hybridized carbons (Fsp3) is 0.400. The molecule has 2 aromatic rings. The molecule has 1 fully saturated rings. The molecule has 1 aliphatic rings. The van der Waals surface area contributed by atoms with Gasteiger partial charge in [-0.3, -0.25) is 0 Å². The number of rotatable bonds is 4. The second-order valence-electron chi connectivity index (χ2n) is 5.75. The average Bonchev–Trinajstić information content (AvgIpc) is 3.16. The minimum absolute atomic E-state index is 0.0357. The molecule has 1 heterocycles. The lowest BCUT2D eigenvalue weighted by Crippen LogP contribution is -2.27. The molecule has 9 heteroatoms. The van der Waals surface area contributed by atoms with E-state index in [4.69, 9.17) is 0 Å². The molecule has 24 heavy (non-hydrogen) atoms. The largest absolute Gasteiger partial charge is 0.435 e. The Kier molecular flexibility index (Phi) is 4.29. The van der Waals surface area contributed by atoms with Gasteiger partial charge < -0.3 is 0 Å². The van der Waals surface area contributed by atoms with Crippen LogP contribution in [0.3, 0.4) is 0 Å². The first-order valence-corrected chi connectivity index (χ1v) is 9.01. The first kappa shape index (κ1) is 16.8. The maximum absolute atomic E-state index is 13.0. The predicted octanol–water partition coefficient (Wildman–Crippen LogP) is 3.49. The molecule has 1 aliphatic carbocycles. The third kappa shape index (κ3) is 3.40. The lowest BCUT2D eigenvalue weighted by Gasteiger charge is -2.14. The molecule has 0 atom stereocenters. The van der Waals surface area contributed by atoms with E-state index in [0.29, 0.717) is 0 Å². The van der Waals surface area contributed by atoms with Crippen molar-refractivity contribution in [2.24, 2.45) is 0 Å². The van der Waals surface area contributed by atoms with Crippen LogP contribution in [0.5, 0.6) is 0 Å². The Labute approximate surface area is 137 Å². The first-order valence-electron chi connectivity index (χ1n) is 7.52. The van der Waals surface area contributed by atoms with Gasteiger partial charge in [0.15, 0.2) is 5.69 Å². The minimum Gasteiger partial charge on any atom is -0.200 e. The van der Waals surface area contributed by atoms with E-state index in [2.05, 4.69) is 9.93 Å². The van der Waals surface area contributed by atoms with Crippen LogP contribution in [0.1, 0.15) is 43.0 Å². The molecule has 1 aromatic heterocycles. The zero-order valence-corrected chi connectivity index (χ0v) is 13.4. The number of aromatic nitrogens is 2. The number of alkyl halides is 3. The fourth-order valence-electron chi connectivity index (χ4n) is 2.89. The van der Waals surface area contributed by atoms with Crippen molar-refractivity contribution >= 4 is 10.0 Å². The number of hydrogen-bond donors (Lipinski definition) is 1. The smallest absolute Gasteiger partial charge is 0.200 e. The summed E-state index contributed by atoms with van der Waals surface area (Å²) in [7, 11) is -4.01. The summed E-state index contributed by atoms with van der Waals surface area (Å²) >= 11 is 0.